The van der Waals surface area contributed by atoms with Crippen molar-refractivity contribution in [1.82, 2.24) is 4.90 Å². The summed E-state index contributed by atoms with van der Waals surface area (Å²) < 4.78 is 5.63. The molecule has 2 aliphatic rings. The lowest BCUT2D eigenvalue weighted by Gasteiger charge is -2.35. The van der Waals surface area contributed by atoms with Crippen molar-refractivity contribution in [3.63, 3.8) is 0 Å². The van der Waals surface area contributed by atoms with Gasteiger partial charge in [0.05, 0.1) is 6.61 Å². The fourth-order valence-electron chi connectivity index (χ4n) is 4.11. The van der Waals surface area contributed by atoms with Crippen LogP contribution in [0.25, 0.3) is 0 Å². The zero-order valence-corrected chi connectivity index (χ0v) is 13.9. The Hall–Kier alpha value is -0.570. The molecule has 1 aromatic rings. The maximum Gasteiger partial charge on any atom is 0.0506 e. The van der Waals surface area contributed by atoms with E-state index in [9.17, 15) is 0 Å². The molecule has 0 bridgehead atoms. The van der Waals surface area contributed by atoms with Gasteiger partial charge in [0.2, 0.25) is 0 Å². The third-order valence-electron chi connectivity index (χ3n) is 5.14. The van der Waals surface area contributed by atoms with Gasteiger partial charge in [0.15, 0.2) is 0 Å². The molecule has 1 aliphatic carbocycles. The lowest BCUT2D eigenvalue weighted by atomic mass is 9.87. The van der Waals surface area contributed by atoms with Crippen LogP contribution < -0.4 is 0 Å². The summed E-state index contributed by atoms with van der Waals surface area (Å²) in [6.07, 6.45) is 4.79. The van der Waals surface area contributed by atoms with Gasteiger partial charge >= 0.3 is 0 Å². The first-order valence-electron chi connectivity index (χ1n) is 8.28. The number of likely N-dealkylation sites (tertiary alicyclic amines) is 1. The Morgan fingerprint density at radius 2 is 2.24 bits per heavy atom. The van der Waals surface area contributed by atoms with E-state index in [1.807, 2.05) is 6.07 Å². The zero-order chi connectivity index (χ0) is 14.8. The Bertz CT molecular complexity index is 490. The largest absolute Gasteiger partial charge is 0.381 e. The molecule has 3 rings (SSSR count). The van der Waals surface area contributed by atoms with Crippen molar-refractivity contribution < 1.29 is 4.74 Å². The molecule has 0 aromatic heterocycles. The summed E-state index contributed by atoms with van der Waals surface area (Å²) in [6.45, 7) is 7.41. The standard InChI is InChI=1S/C18H26ClNO/c1-3-21-12-14-9-13(2)20(11-14)16-7-8-17-15(10-16)5-4-6-18(17)19/h4-6,13-14,16H,3,7-12H2,1-2H3. The monoisotopic (exact) mass is 307 g/mol. The Morgan fingerprint density at radius 1 is 1.38 bits per heavy atom. The first-order chi connectivity index (χ1) is 10.2. The average Bonchev–Trinajstić information content (AvgIpc) is 2.86. The molecule has 1 aliphatic heterocycles. The summed E-state index contributed by atoms with van der Waals surface area (Å²) in [6, 6.07) is 7.73. The van der Waals surface area contributed by atoms with Crippen LogP contribution in [0.3, 0.4) is 0 Å². The van der Waals surface area contributed by atoms with Crippen LogP contribution in [-0.2, 0) is 17.6 Å². The van der Waals surface area contributed by atoms with Crippen LogP contribution in [0, 0.1) is 5.92 Å². The van der Waals surface area contributed by atoms with Crippen LogP contribution >= 0.6 is 11.6 Å². The third kappa shape index (κ3) is 3.28. The smallest absolute Gasteiger partial charge is 0.0506 e. The fraction of sp³-hybridized carbons (Fsp3) is 0.667. The SMILES string of the molecule is CCOCC1CC(C)N(C2CCc3c(Cl)cccc3C2)C1. The summed E-state index contributed by atoms with van der Waals surface area (Å²) in [5, 5.41) is 0.953. The van der Waals surface area contributed by atoms with Crippen LogP contribution in [0.4, 0.5) is 0 Å². The lowest BCUT2D eigenvalue weighted by Crippen LogP contribution is -2.41. The first-order valence-corrected chi connectivity index (χ1v) is 8.66. The van der Waals surface area contributed by atoms with Gasteiger partial charge in [-0.25, -0.2) is 0 Å². The predicted molar refractivity (Wildman–Crippen MR) is 88.0 cm³/mol. The minimum atomic E-state index is 0.678. The van der Waals surface area contributed by atoms with Gasteiger partial charge in [-0.15, -0.1) is 0 Å². The van der Waals surface area contributed by atoms with Gasteiger partial charge in [0.25, 0.3) is 0 Å². The summed E-state index contributed by atoms with van der Waals surface area (Å²) in [4.78, 5) is 2.72. The van der Waals surface area contributed by atoms with Gasteiger partial charge in [0.1, 0.15) is 0 Å². The average molecular weight is 308 g/mol. The maximum atomic E-state index is 6.33. The molecular formula is C18H26ClNO. The highest BCUT2D eigenvalue weighted by molar-refractivity contribution is 6.31. The minimum absolute atomic E-state index is 0.678. The molecule has 3 heteroatoms. The fourth-order valence-corrected chi connectivity index (χ4v) is 4.40. The van der Waals surface area contributed by atoms with Gasteiger partial charge in [0, 0.05) is 30.3 Å². The number of hydrogen-bond acceptors (Lipinski definition) is 2. The van der Waals surface area contributed by atoms with Crippen LogP contribution in [0.1, 0.15) is 37.8 Å². The number of benzene rings is 1. The highest BCUT2D eigenvalue weighted by Crippen LogP contribution is 2.34. The van der Waals surface area contributed by atoms with Gasteiger partial charge in [-0.2, -0.15) is 0 Å². The molecule has 3 atom stereocenters. The third-order valence-corrected chi connectivity index (χ3v) is 5.49. The van der Waals surface area contributed by atoms with Crippen molar-refractivity contribution in [2.45, 2.75) is 51.6 Å². The normalized spacial score (nSPS) is 29.6. The van der Waals surface area contributed by atoms with Crippen molar-refractivity contribution in [3.8, 4) is 0 Å². The number of hydrogen-bond donors (Lipinski definition) is 0. The van der Waals surface area contributed by atoms with Gasteiger partial charge in [-0.1, -0.05) is 23.7 Å². The molecule has 0 spiro atoms. The van der Waals surface area contributed by atoms with E-state index in [-0.39, 0.29) is 0 Å². The maximum absolute atomic E-state index is 6.33. The van der Waals surface area contributed by atoms with E-state index in [1.54, 1.807) is 0 Å². The quantitative estimate of drug-likeness (QED) is 0.835. The number of halogens is 1. The second-order valence-corrected chi connectivity index (χ2v) is 6.99. The first kappa shape index (κ1) is 15.3. The van der Waals surface area contributed by atoms with E-state index < -0.39 is 0 Å². The highest BCUT2D eigenvalue weighted by Gasteiger charge is 2.35. The molecule has 1 saturated heterocycles. The van der Waals surface area contributed by atoms with E-state index in [4.69, 9.17) is 16.3 Å². The van der Waals surface area contributed by atoms with Gasteiger partial charge < -0.3 is 4.74 Å². The van der Waals surface area contributed by atoms with Crippen LogP contribution in [-0.4, -0.2) is 36.7 Å². The molecule has 21 heavy (non-hydrogen) atoms. The summed E-state index contributed by atoms with van der Waals surface area (Å²) in [5.41, 5.74) is 2.84. The van der Waals surface area contributed by atoms with E-state index in [2.05, 4.69) is 30.9 Å². The Balaban J connectivity index is 1.66. The molecular weight excluding hydrogens is 282 g/mol. The molecule has 116 valence electrons. The van der Waals surface area contributed by atoms with Crippen LogP contribution in [0.15, 0.2) is 18.2 Å². The van der Waals surface area contributed by atoms with Crippen LogP contribution in [0.5, 0.6) is 0 Å². The molecule has 3 unspecified atom stereocenters. The second kappa shape index (κ2) is 6.68. The van der Waals surface area contributed by atoms with Crippen molar-refractivity contribution >= 4 is 11.6 Å². The molecule has 1 fully saturated rings. The second-order valence-electron chi connectivity index (χ2n) is 6.58. The molecule has 0 saturated carbocycles. The topological polar surface area (TPSA) is 12.5 Å². The van der Waals surface area contributed by atoms with Gasteiger partial charge in [-0.05, 0) is 62.6 Å². The van der Waals surface area contributed by atoms with E-state index in [0.717, 1.165) is 31.1 Å². The number of ether oxygens (including phenoxy) is 1. The van der Waals surface area contributed by atoms with Crippen molar-refractivity contribution in [3.05, 3.63) is 34.3 Å². The molecule has 0 amide bonds. The van der Waals surface area contributed by atoms with Crippen molar-refractivity contribution in [2.24, 2.45) is 5.92 Å². The molecule has 0 radical (unpaired) electrons. The highest BCUT2D eigenvalue weighted by atomic mass is 35.5. The molecule has 0 N–H and O–H groups in total. The Morgan fingerprint density at radius 3 is 3.05 bits per heavy atom. The Kier molecular flexibility index (Phi) is 4.88. The minimum Gasteiger partial charge on any atom is -0.381 e. The molecule has 1 heterocycles. The summed E-state index contributed by atoms with van der Waals surface area (Å²) in [7, 11) is 0. The number of fused-ring (bicyclic) bond motifs is 1. The van der Waals surface area contributed by atoms with E-state index in [1.165, 1.54) is 30.5 Å². The van der Waals surface area contributed by atoms with E-state index in [0.29, 0.717) is 18.0 Å². The van der Waals surface area contributed by atoms with Crippen molar-refractivity contribution in [1.29, 1.82) is 0 Å². The number of nitrogens with zero attached hydrogens (tertiary/aromatic N) is 1. The molecule has 1 aromatic carbocycles. The van der Waals surface area contributed by atoms with E-state index >= 15 is 0 Å². The van der Waals surface area contributed by atoms with Crippen LogP contribution in [0.2, 0.25) is 5.02 Å². The predicted octanol–water partition coefficient (Wildman–Crippen LogP) is 3.94. The Labute approximate surface area is 133 Å². The van der Waals surface area contributed by atoms with Gasteiger partial charge in [-0.3, -0.25) is 4.90 Å². The molecule has 2 nitrogen and oxygen atoms in total. The zero-order valence-electron chi connectivity index (χ0n) is 13.1. The lowest BCUT2D eigenvalue weighted by molar-refractivity contribution is 0.107. The van der Waals surface area contributed by atoms with Crippen molar-refractivity contribution in [2.75, 3.05) is 19.8 Å². The summed E-state index contributed by atoms with van der Waals surface area (Å²) >= 11 is 6.33. The number of rotatable bonds is 4. The summed E-state index contributed by atoms with van der Waals surface area (Å²) in [5.74, 6) is 0.709.